The van der Waals surface area contributed by atoms with Gasteiger partial charge in [0.15, 0.2) is 0 Å². The van der Waals surface area contributed by atoms with Gasteiger partial charge in [-0.1, -0.05) is 29.3 Å². The van der Waals surface area contributed by atoms with Crippen LogP contribution in [-0.4, -0.2) is 19.6 Å². The Bertz CT molecular complexity index is 363. The third-order valence-corrected chi connectivity index (χ3v) is 3.03. The molecule has 0 atom stereocenters. The molecule has 5 heteroatoms. The largest absolute Gasteiger partial charge is 0.469 e. The van der Waals surface area contributed by atoms with Gasteiger partial charge in [0.2, 0.25) is 0 Å². The Balaban J connectivity index is 2.29. The van der Waals surface area contributed by atoms with Crippen molar-refractivity contribution in [2.45, 2.75) is 19.4 Å². The van der Waals surface area contributed by atoms with Crippen molar-refractivity contribution in [2.75, 3.05) is 13.7 Å². The Kier molecular flexibility index (Phi) is 6.34. The average Bonchev–Trinajstić information content (AvgIpc) is 2.31. The number of hydrogen-bond acceptors (Lipinski definition) is 3. The molecule has 3 nitrogen and oxygen atoms in total. The van der Waals surface area contributed by atoms with Gasteiger partial charge in [-0.05, 0) is 25.1 Å². The van der Waals surface area contributed by atoms with Crippen LogP contribution < -0.4 is 5.32 Å². The molecule has 0 radical (unpaired) electrons. The third-order valence-electron chi connectivity index (χ3n) is 2.33. The first-order valence-electron chi connectivity index (χ1n) is 5.35. The van der Waals surface area contributed by atoms with E-state index in [2.05, 4.69) is 10.1 Å². The number of benzene rings is 1. The molecule has 1 aromatic rings. The van der Waals surface area contributed by atoms with E-state index in [4.69, 9.17) is 23.2 Å². The maximum atomic E-state index is 10.9. The summed E-state index contributed by atoms with van der Waals surface area (Å²) in [6.45, 7) is 1.32. The smallest absolute Gasteiger partial charge is 0.305 e. The van der Waals surface area contributed by atoms with Gasteiger partial charge in [-0.15, -0.1) is 0 Å². The molecule has 1 rings (SSSR count). The van der Waals surface area contributed by atoms with Gasteiger partial charge in [0.05, 0.1) is 7.11 Å². The molecule has 0 aromatic heterocycles. The molecule has 0 spiro atoms. The number of halogens is 2. The van der Waals surface area contributed by atoms with Gasteiger partial charge >= 0.3 is 5.97 Å². The fraction of sp³-hybridized carbons (Fsp3) is 0.417. The lowest BCUT2D eigenvalue weighted by atomic mass is 10.2. The Morgan fingerprint density at radius 3 is 2.59 bits per heavy atom. The number of nitrogens with one attached hydrogen (secondary N) is 1. The number of rotatable bonds is 6. The van der Waals surface area contributed by atoms with Gasteiger partial charge < -0.3 is 10.1 Å². The van der Waals surface area contributed by atoms with Crippen molar-refractivity contribution < 1.29 is 9.53 Å². The zero-order valence-corrected chi connectivity index (χ0v) is 11.1. The molecule has 0 fully saturated rings. The number of carbonyl (C=O) groups excluding carboxylic acids is 1. The zero-order chi connectivity index (χ0) is 12.7. The van der Waals surface area contributed by atoms with Crippen LogP contribution in [0, 0.1) is 0 Å². The van der Waals surface area contributed by atoms with Gasteiger partial charge in [0.1, 0.15) is 0 Å². The van der Waals surface area contributed by atoms with E-state index in [-0.39, 0.29) is 5.97 Å². The fourth-order valence-corrected chi connectivity index (χ4v) is 1.91. The Morgan fingerprint density at radius 1 is 1.35 bits per heavy atom. The normalized spacial score (nSPS) is 10.3. The molecule has 0 bridgehead atoms. The highest BCUT2D eigenvalue weighted by atomic mass is 35.5. The van der Waals surface area contributed by atoms with E-state index in [9.17, 15) is 4.79 Å². The maximum Gasteiger partial charge on any atom is 0.305 e. The van der Waals surface area contributed by atoms with Crippen molar-refractivity contribution in [2.24, 2.45) is 0 Å². The van der Waals surface area contributed by atoms with Crippen LogP contribution in [0.1, 0.15) is 18.4 Å². The maximum absolute atomic E-state index is 10.9. The number of hydrogen-bond donors (Lipinski definition) is 1. The number of carbonyl (C=O) groups is 1. The molecular weight excluding hydrogens is 261 g/mol. The van der Waals surface area contributed by atoms with E-state index in [1.54, 1.807) is 12.1 Å². The minimum atomic E-state index is -0.192. The first-order chi connectivity index (χ1) is 8.15. The Morgan fingerprint density at radius 2 is 2.00 bits per heavy atom. The van der Waals surface area contributed by atoms with Gasteiger partial charge in [-0.3, -0.25) is 4.79 Å². The summed E-state index contributed by atoms with van der Waals surface area (Å²) >= 11 is 12.0. The summed E-state index contributed by atoms with van der Waals surface area (Å²) in [5.74, 6) is -0.192. The number of ether oxygens (including phenoxy) is 1. The summed E-state index contributed by atoms with van der Waals surface area (Å²) in [6, 6.07) is 5.42. The van der Waals surface area contributed by atoms with Crippen LogP contribution in [-0.2, 0) is 16.1 Å². The van der Waals surface area contributed by atoms with Gasteiger partial charge in [-0.2, -0.15) is 0 Å². The van der Waals surface area contributed by atoms with Crippen LogP contribution in [0.15, 0.2) is 18.2 Å². The second kappa shape index (κ2) is 7.54. The lowest BCUT2D eigenvalue weighted by Gasteiger charge is -2.08. The van der Waals surface area contributed by atoms with Crippen LogP contribution in [0.4, 0.5) is 0 Å². The van der Waals surface area contributed by atoms with Crippen LogP contribution in [0.3, 0.4) is 0 Å². The SMILES string of the molecule is COC(=O)CCCNCc1c(Cl)cccc1Cl. The number of methoxy groups -OCH3 is 1. The lowest BCUT2D eigenvalue weighted by molar-refractivity contribution is -0.140. The molecule has 0 aliphatic rings. The first-order valence-corrected chi connectivity index (χ1v) is 6.11. The topological polar surface area (TPSA) is 38.3 Å². The monoisotopic (exact) mass is 275 g/mol. The van der Waals surface area contributed by atoms with Gasteiger partial charge in [-0.25, -0.2) is 0 Å². The Labute approximate surface area is 111 Å². The molecule has 1 N–H and O–H groups in total. The summed E-state index contributed by atoms with van der Waals surface area (Å²) in [6.07, 6.45) is 1.15. The standard InChI is InChI=1S/C12H15Cl2NO2/c1-17-12(16)6-3-7-15-8-9-10(13)4-2-5-11(9)14/h2,4-5,15H,3,6-8H2,1H3. The van der Waals surface area contributed by atoms with Gasteiger partial charge in [0.25, 0.3) is 0 Å². The van der Waals surface area contributed by atoms with E-state index < -0.39 is 0 Å². The molecule has 0 aliphatic heterocycles. The lowest BCUT2D eigenvalue weighted by Crippen LogP contribution is -2.16. The summed E-state index contributed by atoms with van der Waals surface area (Å²) in [4.78, 5) is 10.9. The predicted octanol–water partition coefficient (Wildman–Crippen LogP) is 3.04. The molecule has 0 unspecified atom stereocenters. The van der Waals surface area contributed by atoms with Crippen molar-refractivity contribution in [1.82, 2.24) is 5.32 Å². The van der Waals surface area contributed by atoms with Crippen molar-refractivity contribution >= 4 is 29.2 Å². The molecule has 94 valence electrons. The van der Waals surface area contributed by atoms with Crippen LogP contribution in [0.25, 0.3) is 0 Å². The van der Waals surface area contributed by atoms with E-state index in [0.717, 1.165) is 18.5 Å². The van der Waals surface area contributed by atoms with Crippen molar-refractivity contribution in [3.63, 3.8) is 0 Å². The van der Waals surface area contributed by atoms with Crippen molar-refractivity contribution in [3.05, 3.63) is 33.8 Å². The first kappa shape index (κ1) is 14.3. The van der Waals surface area contributed by atoms with Gasteiger partial charge in [0, 0.05) is 28.6 Å². The second-order valence-corrected chi connectivity index (χ2v) is 4.37. The zero-order valence-electron chi connectivity index (χ0n) is 9.63. The molecule has 0 aliphatic carbocycles. The highest BCUT2D eigenvalue weighted by Gasteiger charge is 2.04. The average molecular weight is 276 g/mol. The second-order valence-electron chi connectivity index (χ2n) is 3.56. The molecule has 0 saturated heterocycles. The number of esters is 1. The summed E-state index contributed by atoms with van der Waals surface area (Å²) in [5, 5.41) is 4.49. The van der Waals surface area contributed by atoms with Crippen LogP contribution in [0.2, 0.25) is 10.0 Å². The predicted molar refractivity (Wildman–Crippen MR) is 69.4 cm³/mol. The van der Waals surface area contributed by atoms with Crippen molar-refractivity contribution in [3.8, 4) is 0 Å². The van der Waals surface area contributed by atoms with E-state index >= 15 is 0 Å². The van der Waals surface area contributed by atoms with Crippen LogP contribution in [0.5, 0.6) is 0 Å². The highest BCUT2D eigenvalue weighted by Crippen LogP contribution is 2.23. The molecule has 17 heavy (non-hydrogen) atoms. The van der Waals surface area contributed by atoms with E-state index in [1.165, 1.54) is 7.11 Å². The Hall–Kier alpha value is -0.770. The van der Waals surface area contributed by atoms with Crippen LogP contribution >= 0.6 is 23.2 Å². The summed E-state index contributed by atoms with van der Waals surface area (Å²) in [5.41, 5.74) is 0.883. The summed E-state index contributed by atoms with van der Waals surface area (Å²) in [7, 11) is 1.39. The minimum absolute atomic E-state index is 0.192. The van der Waals surface area contributed by atoms with E-state index in [1.807, 2.05) is 6.07 Å². The summed E-state index contributed by atoms with van der Waals surface area (Å²) < 4.78 is 4.54. The quantitative estimate of drug-likeness (QED) is 0.641. The minimum Gasteiger partial charge on any atom is -0.469 e. The third kappa shape index (κ3) is 4.94. The molecular formula is C12H15Cl2NO2. The van der Waals surface area contributed by atoms with Crippen molar-refractivity contribution in [1.29, 1.82) is 0 Å². The molecule has 0 heterocycles. The molecule has 0 saturated carbocycles. The fourth-order valence-electron chi connectivity index (χ4n) is 1.37. The van der Waals surface area contributed by atoms with E-state index in [0.29, 0.717) is 23.0 Å². The highest BCUT2D eigenvalue weighted by molar-refractivity contribution is 6.35. The molecule has 1 aromatic carbocycles. The molecule has 0 amide bonds.